The highest BCUT2D eigenvalue weighted by Crippen LogP contribution is 2.33. The van der Waals surface area contributed by atoms with Gasteiger partial charge in [-0.1, -0.05) is 42.5 Å². The van der Waals surface area contributed by atoms with E-state index in [9.17, 15) is 4.79 Å². The number of benzene rings is 2. The molecule has 5 nitrogen and oxygen atoms in total. The third kappa shape index (κ3) is 3.22. The molecule has 2 aliphatic rings. The number of nitrogens with one attached hydrogen (secondary N) is 2. The normalized spacial score (nSPS) is 17.0. The predicted molar refractivity (Wildman–Crippen MR) is 113 cm³/mol. The van der Waals surface area contributed by atoms with Crippen LogP contribution in [-0.2, 0) is 17.8 Å². The van der Waals surface area contributed by atoms with E-state index in [4.69, 9.17) is 0 Å². The van der Waals surface area contributed by atoms with Crippen molar-refractivity contribution >= 4 is 28.2 Å². The fourth-order valence-corrected chi connectivity index (χ4v) is 4.37. The first-order valence-corrected chi connectivity index (χ1v) is 10.0. The quantitative estimate of drug-likeness (QED) is 0.736. The van der Waals surface area contributed by atoms with Gasteiger partial charge in [0.25, 0.3) is 0 Å². The van der Waals surface area contributed by atoms with Crippen molar-refractivity contribution in [2.45, 2.75) is 31.8 Å². The summed E-state index contributed by atoms with van der Waals surface area (Å²) in [5.41, 5.74) is 3.33. The molecule has 0 atom stereocenters. The Kier molecular flexibility index (Phi) is 4.45. The van der Waals surface area contributed by atoms with Gasteiger partial charge in [-0.2, -0.15) is 0 Å². The van der Waals surface area contributed by atoms with Crippen molar-refractivity contribution in [3.05, 3.63) is 65.9 Å². The topological polar surface area (TPSA) is 57.3 Å². The van der Waals surface area contributed by atoms with E-state index < -0.39 is 0 Å². The summed E-state index contributed by atoms with van der Waals surface area (Å²) < 4.78 is 0. The van der Waals surface area contributed by atoms with E-state index in [2.05, 4.69) is 63.0 Å². The molecule has 0 saturated carbocycles. The number of carbonyl (C=O) groups excluding carboxylic acids is 1. The van der Waals surface area contributed by atoms with Gasteiger partial charge in [0.05, 0.1) is 12.1 Å². The Bertz CT molecular complexity index is 1020. The first-order chi connectivity index (χ1) is 13.8. The van der Waals surface area contributed by atoms with Gasteiger partial charge in [-0.05, 0) is 40.8 Å². The van der Waals surface area contributed by atoms with Crippen LogP contribution in [0.3, 0.4) is 0 Å². The zero-order valence-electron chi connectivity index (χ0n) is 15.8. The summed E-state index contributed by atoms with van der Waals surface area (Å²) in [5.74, 6) is 0.992. The summed E-state index contributed by atoms with van der Waals surface area (Å²) in [6.45, 7) is 2.79. The minimum atomic E-state index is 0.0656. The lowest BCUT2D eigenvalue weighted by molar-refractivity contribution is -0.115. The van der Waals surface area contributed by atoms with Gasteiger partial charge in [-0.25, -0.2) is 4.98 Å². The molecule has 142 valence electrons. The standard InChI is InChI=1S/C23H24N4O/c28-21-14-17-8-11-24-23(22(17)26-21)27-12-9-19(10-13-27)25-15-18-6-3-5-16-4-1-2-7-20(16)18/h1-8,11,19,25H,9-10,12-15H2,(H,26,28). The minimum Gasteiger partial charge on any atom is -0.355 e. The molecule has 0 aliphatic carbocycles. The molecule has 28 heavy (non-hydrogen) atoms. The van der Waals surface area contributed by atoms with Crippen molar-refractivity contribution < 1.29 is 4.79 Å². The highest BCUT2D eigenvalue weighted by atomic mass is 16.1. The molecular weight excluding hydrogens is 348 g/mol. The molecule has 1 aromatic heterocycles. The molecule has 3 heterocycles. The molecule has 2 aromatic carbocycles. The molecular formula is C23H24N4O. The van der Waals surface area contributed by atoms with Gasteiger partial charge in [0.15, 0.2) is 5.82 Å². The number of carbonyl (C=O) groups is 1. The van der Waals surface area contributed by atoms with Crippen molar-refractivity contribution in [2.24, 2.45) is 0 Å². The third-order valence-electron chi connectivity index (χ3n) is 5.89. The van der Waals surface area contributed by atoms with Crippen LogP contribution in [0.5, 0.6) is 0 Å². The van der Waals surface area contributed by atoms with Crippen LogP contribution in [0.25, 0.3) is 10.8 Å². The molecule has 2 aliphatic heterocycles. The summed E-state index contributed by atoms with van der Waals surface area (Å²) in [6.07, 6.45) is 4.43. The molecule has 1 saturated heterocycles. The van der Waals surface area contributed by atoms with E-state index in [1.807, 2.05) is 12.3 Å². The SMILES string of the molecule is O=C1Cc2ccnc(N3CCC(NCc4cccc5ccccc45)CC3)c2N1. The van der Waals surface area contributed by atoms with Gasteiger partial charge >= 0.3 is 0 Å². The number of piperidine rings is 1. The number of aromatic nitrogens is 1. The number of pyridine rings is 1. The van der Waals surface area contributed by atoms with Crippen LogP contribution in [0.15, 0.2) is 54.7 Å². The van der Waals surface area contributed by atoms with Crippen molar-refractivity contribution in [1.82, 2.24) is 10.3 Å². The lowest BCUT2D eigenvalue weighted by atomic mass is 10.0. The first-order valence-electron chi connectivity index (χ1n) is 10.0. The van der Waals surface area contributed by atoms with Gasteiger partial charge in [-0.15, -0.1) is 0 Å². The van der Waals surface area contributed by atoms with Crippen LogP contribution in [0, 0.1) is 0 Å². The Morgan fingerprint density at radius 3 is 2.79 bits per heavy atom. The lowest BCUT2D eigenvalue weighted by Crippen LogP contribution is -2.42. The maximum Gasteiger partial charge on any atom is 0.228 e. The molecule has 0 spiro atoms. The Hall–Kier alpha value is -2.92. The monoisotopic (exact) mass is 372 g/mol. The molecule has 1 fully saturated rings. The van der Waals surface area contributed by atoms with Gasteiger partial charge < -0.3 is 15.5 Å². The van der Waals surface area contributed by atoms with Crippen molar-refractivity contribution in [2.75, 3.05) is 23.3 Å². The van der Waals surface area contributed by atoms with Crippen LogP contribution < -0.4 is 15.5 Å². The third-order valence-corrected chi connectivity index (χ3v) is 5.89. The molecule has 0 radical (unpaired) electrons. The molecule has 3 aromatic rings. The van der Waals surface area contributed by atoms with Gasteiger partial charge in [-0.3, -0.25) is 4.79 Å². The zero-order chi connectivity index (χ0) is 18.9. The van der Waals surface area contributed by atoms with E-state index in [0.29, 0.717) is 12.5 Å². The Morgan fingerprint density at radius 2 is 1.89 bits per heavy atom. The second kappa shape index (κ2) is 7.24. The smallest absolute Gasteiger partial charge is 0.228 e. The van der Waals surface area contributed by atoms with Crippen molar-refractivity contribution in [1.29, 1.82) is 0 Å². The van der Waals surface area contributed by atoms with Gasteiger partial charge in [0, 0.05) is 31.9 Å². The number of hydrogen-bond donors (Lipinski definition) is 2. The maximum atomic E-state index is 11.7. The maximum absolute atomic E-state index is 11.7. The van der Waals surface area contributed by atoms with Crippen LogP contribution in [0.1, 0.15) is 24.0 Å². The fraction of sp³-hybridized carbons (Fsp3) is 0.304. The molecule has 5 heteroatoms. The van der Waals surface area contributed by atoms with Crippen LogP contribution >= 0.6 is 0 Å². The molecule has 5 rings (SSSR count). The summed E-state index contributed by atoms with van der Waals surface area (Å²) in [6, 6.07) is 17.5. The van der Waals surface area contributed by atoms with Crippen molar-refractivity contribution in [3.8, 4) is 0 Å². The molecule has 2 N–H and O–H groups in total. The van der Waals surface area contributed by atoms with Gasteiger partial charge in [0.2, 0.25) is 5.91 Å². The van der Waals surface area contributed by atoms with E-state index in [0.717, 1.165) is 49.5 Å². The van der Waals surface area contributed by atoms with Crippen LogP contribution in [-0.4, -0.2) is 30.0 Å². The summed E-state index contributed by atoms with van der Waals surface area (Å²) >= 11 is 0. The predicted octanol–water partition coefficient (Wildman–Crippen LogP) is 3.49. The second-order valence-corrected chi connectivity index (χ2v) is 7.67. The highest BCUT2D eigenvalue weighted by Gasteiger charge is 2.27. The Labute approximate surface area is 164 Å². The van der Waals surface area contributed by atoms with Crippen LogP contribution in [0.2, 0.25) is 0 Å². The Balaban J connectivity index is 1.23. The van der Waals surface area contributed by atoms with Crippen molar-refractivity contribution in [3.63, 3.8) is 0 Å². The largest absolute Gasteiger partial charge is 0.355 e. The molecule has 0 unspecified atom stereocenters. The Morgan fingerprint density at radius 1 is 1.07 bits per heavy atom. The van der Waals surface area contributed by atoms with E-state index >= 15 is 0 Å². The fourth-order valence-electron chi connectivity index (χ4n) is 4.37. The number of rotatable bonds is 4. The highest BCUT2D eigenvalue weighted by molar-refractivity contribution is 6.02. The second-order valence-electron chi connectivity index (χ2n) is 7.67. The number of nitrogens with zero attached hydrogens (tertiary/aromatic N) is 2. The number of anilines is 2. The van der Waals surface area contributed by atoms with Gasteiger partial charge in [0.1, 0.15) is 0 Å². The average molecular weight is 372 g/mol. The average Bonchev–Trinajstić information content (AvgIpc) is 3.13. The minimum absolute atomic E-state index is 0.0656. The molecule has 1 amide bonds. The summed E-state index contributed by atoms with van der Waals surface area (Å²) in [7, 11) is 0. The number of fused-ring (bicyclic) bond motifs is 2. The zero-order valence-corrected chi connectivity index (χ0v) is 15.8. The number of amides is 1. The molecule has 0 bridgehead atoms. The number of hydrogen-bond acceptors (Lipinski definition) is 4. The summed E-state index contributed by atoms with van der Waals surface area (Å²) in [4.78, 5) is 18.6. The summed E-state index contributed by atoms with van der Waals surface area (Å²) in [5, 5.41) is 9.35. The van der Waals surface area contributed by atoms with E-state index in [1.54, 1.807) is 0 Å². The van der Waals surface area contributed by atoms with E-state index in [-0.39, 0.29) is 5.91 Å². The van der Waals surface area contributed by atoms with Crippen LogP contribution in [0.4, 0.5) is 11.5 Å². The lowest BCUT2D eigenvalue weighted by Gasteiger charge is -2.34. The first kappa shape index (κ1) is 17.2. The van der Waals surface area contributed by atoms with E-state index in [1.165, 1.54) is 16.3 Å².